The predicted octanol–water partition coefficient (Wildman–Crippen LogP) is 3.30. The van der Waals surface area contributed by atoms with E-state index in [4.69, 9.17) is 0 Å². The fourth-order valence-electron chi connectivity index (χ4n) is 2.04. The second-order valence-electron chi connectivity index (χ2n) is 4.28. The van der Waals surface area contributed by atoms with Crippen LogP contribution in [0.5, 0.6) is 0 Å². The van der Waals surface area contributed by atoms with Crippen LogP contribution < -0.4 is 5.32 Å². The minimum Gasteiger partial charge on any atom is -0.393 e. The van der Waals surface area contributed by atoms with Crippen LogP contribution in [0.15, 0.2) is 22.7 Å². The van der Waals surface area contributed by atoms with Crippen LogP contribution in [0.1, 0.15) is 25.7 Å². The van der Waals surface area contributed by atoms with Gasteiger partial charge < -0.3 is 10.4 Å². The van der Waals surface area contributed by atoms with Gasteiger partial charge in [0.05, 0.1) is 10.6 Å². The Morgan fingerprint density at radius 2 is 1.94 bits per heavy atom. The van der Waals surface area contributed by atoms with Crippen molar-refractivity contribution in [1.29, 1.82) is 0 Å². The lowest BCUT2D eigenvalue weighted by molar-refractivity contribution is 0.126. The molecular weight excluding hydrogens is 273 g/mol. The number of nitrogens with one attached hydrogen (secondary N) is 1. The van der Waals surface area contributed by atoms with E-state index >= 15 is 0 Å². The fraction of sp³-hybridized carbons (Fsp3) is 0.500. The Morgan fingerprint density at radius 3 is 2.56 bits per heavy atom. The summed E-state index contributed by atoms with van der Waals surface area (Å²) in [4.78, 5) is 0. The summed E-state index contributed by atoms with van der Waals surface area (Å²) in [5.41, 5.74) is 0.807. The molecule has 0 radical (unpaired) electrons. The first-order valence-corrected chi connectivity index (χ1v) is 6.34. The molecule has 88 valence electrons. The summed E-state index contributed by atoms with van der Waals surface area (Å²) in [7, 11) is 0. The van der Waals surface area contributed by atoms with Crippen molar-refractivity contribution in [3.8, 4) is 0 Å². The molecule has 0 heterocycles. The van der Waals surface area contributed by atoms with Crippen LogP contribution in [0.3, 0.4) is 0 Å². The van der Waals surface area contributed by atoms with E-state index in [0.717, 1.165) is 31.4 Å². The summed E-state index contributed by atoms with van der Waals surface area (Å²) in [5, 5.41) is 12.7. The van der Waals surface area contributed by atoms with E-state index in [0.29, 0.717) is 10.5 Å². The highest BCUT2D eigenvalue weighted by Gasteiger charge is 2.19. The van der Waals surface area contributed by atoms with E-state index in [-0.39, 0.29) is 11.9 Å². The third kappa shape index (κ3) is 2.95. The van der Waals surface area contributed by atoms with Crippen LogP contribution in [0.25, 0.3) is 0 Å². The molecule has 0 bridgehead atoms. The van der Waals surface area contributed by atoms with Crippen LogP contribution >= 0.6 is 15.9 Å². The molecule has 1 aromatic rings. The van der Waals surface area contributed by atoms with E-state index in [2.05, 4.69) is 21.2 Å². The molecule has 1 aromatic carbocycles. The van der Waals surface area contributed by atoms with Crippen molar-refractivity contribution in [2.45, 2.75) is 37.8 Å². The predicted molar refractivity (Wildman–Crippen MR) is 66.0 cm³/mol. The SMILES string of the molecule is OC1CCC(Nc2ccc(Br)c(F)c2)CC1. The van der Waals surface area contributed by atoms with Gasteiger partial charge in [-0.25, -0.2) is 4.39 Å². The van der Waals surface area contributed by atoms with E-state index in [1.807, 2.05) is 6.07 Å². The first-order valence-electron chi connectivity index (χ1n) is 5.55. The summed E-state index contributed by atoms with van der Waals surface area (Å²) in [6.07, 6.45) is 3.39. The number of hydrogen-bond donors (Lipinski definition) is 2. The van der Waals surface area contributed by atoms with Gasteiger partial charge in [-0.1, -0.05) is 0 Å². The monoisotopic (exact) mass is 287 g/mol. The van der Waals surface area contributed by atoms with Gasteiger partial charge in [-0.3, -0.25) is 0 Å². The standard InChI is InChI=1S/C12H15BrFNO/c13-11-6-3-9(7-12(11)14)15-8-1-4-10(16)5-2-8/h3,6-8,10,15-16H,1-2,4-5H2. The van der Waals surface area contributed by atoms with Crippen LogP contribution in [-0.2, 0) is 0 Å². The highest BCUT2D eigenvalue weighted by molar-refractivity contribution is 9.10. The molecular formula is C12H15BrFNO. The van der Waals surface area contributed by atoms with E-state index in [1.165, 1.54) is 6.07 Å². The molecule has 0 aromatic heterocycles. The first-order chi connectivity index (χ1) is 7.65. The molecule has 1 fully saturated rings. The topological polar surface area (TPSA) is 32.3 Å². The number of anilines is 1. The summed E-state index contributed by atoms with van der Waals surface area (Å²) in [6, 6.07) is 5.41. The molecule has 16 heavy (non-hydrogen) atoms. The van der Waals surface area contributed by atoms with Crippen molar-refractivity contribution in [2.24, 2.45) is 0 Å². The summed E-state index contributed by atoms with van der Waals surface area (Å²) in [5.74, 6) is -0.249. The molecule has 2 N–H and O–H groups in total. The van der Waals surface area contributed by atoms with Gasteiger partial charge in [-0.05, 0) is 59.8 Å². The maximum atomic E-state index is 13.3. The molecule has 2 rings (SSSR count). The zero-order valence-corrected chi connectivity index (χ0v) is 10.5. The molecule has 0 aliphatic heterocycles. The van der Waals surface area contributed by atoms with E-state index in [1.54, 1.807) is 6.07 Å². The van der Waals surface area contributed by atoms with Crippen LogP contribution in [0.2, 0.25) is 0 Å². The summed E-state index contributed by atoms with van der Waals surface area (Å²) < 4.78 is 13.8. The molecule has 1 saturated carbocycles. The van der Waals surface area contributed by atoms with Gasteiger partial charge in [-0.15, -0.1) is 0 Å². The molecule has 1 aliphatic rings. The molecule has 4 heteroatoms. The van der Waals surface area contributed by atoms with Crippen molar-refractivity contribution in [1.82, 2.24) is 0 Å². The Balaban J connectivity index is 1.96. The van der Waals surface area contributed by atoms with Gasteiger partial charge >= 0.3 is 0 Å². The number of halogens is 2. The lowest BCUT2D eigenvalue weighted by Crippen LogP contribution is -2.28. The average molecular weight is 288 g/mol. The van der Waals surface area contributed by atoms with Crippen molar-refractivity contribution in [3.05, 3.63) is 28.5 Å². The van der Waals surface area contributed by atoms with Gasteiger partial charge in [0.2, 0.25) is 0 Å². The lowest BCUT2D eigenvalue weighted by atomic mass is 9.93. The molecule has 0 saturated heterocycles. The zero-order valence-electron chi connectivity index (χ0n) is 8.92. The normalized spacial score (nSPS) is 25.4. The number of aliphatic hydroxyl groups is 1. The Bertz CT molecular complexity index is 364. The van der Waals surface area contributed by atoms with Crippen LogP contribution in [0, 0.1) is 5.82 Å². The van der Waals surface area contributed by atoms with Crippen LogP contribution in [0.4, 0.5) is 10.1 Å². The van der Waals surface area contributed by atoms with Gasteiger partial charge in [0, 0.05) is 11.7 Å². The lowest BCUT2D eigenvalue weighted by Gasteiger charge is -2.27. The van der Waals surface area contributed by atoms with E-state index < -0.39 is 0 Å². The molecule has 0 spiro atoms. The smallest absolute Gasteiger partial charge is 0.139 e. The second kappa shape index (κ2) is 5.15. The number of benzene rings is 1. The summed E-state index contributed by atoms with van der Waals surface area (Å²) in [6.45, 7) is 0. The van der Waals surface area contributed by atoms with Crippen LogP contribution in [-0.4, -0.2) is 17.3 Å². The van der Waals surface area contributed by atoms with Crippen molar-refractivity contribution >= 4 is 21.6 Å². The average Bonchev–Trinajstić information content (AvgIpc) is 2.27. The van der Waals surface area contributed by atoms with Gasteiger partial charge in [-0.2, -0.15) is 0 Å². The van der Waals surface area contributed by atoms with Gasteiger partial charge in [0.1, 0.15) is 5.82 Å². The van der Waals surface area contributed by atoms with Gasteiger partial charge in [0.15, 0.2) is 0 Å². The van der Waals surface area contributed by atoms with Crippen molar-refractivity contribution < 1.29 is 9.50 Å². The maximum absolute atomic E-state index is 13.3. The molecule has 2 nitrogen and oxygen atoms in total. The minimum absolute atomic E-state index is 0.153. The third-order valence-corrected chi connectivity index (χ3v) is 3.63. The Kier molecular flexibility index (Phi) is 3.82. The first kappa shape index (κ1) is 11.9. The zero-order chi connectivity index (χ0) is 11.5. The largest absolute Gasteiger partial charge is 0.393 e. The second-order valence-corrected chi connectivity index (χ2v) is 5.13. The number of aliphatic hydroxyl groups excluding tert-OH is 1. The number of hydrogen-bond acceptors (Lipinski definition) is 2. The maximum Gasteiger partial charge on any atom is 0.139 e. The highest BCUT2D eigenvalue weighted by Crippen LogP contribution is 2.24. The molecule has 0 amide bonds. The summed E-state index contributed by atoms with van der Waals surface area (Å²) >= 11 is 3.13. The van der Waals surface area contributed by atoms with Gasteiger partial charge in [0.25, 0.3) is 0 Å². The molecule has 1 aliphatic carbocycles. The Labute approximate surface area is 103 Å². The van der Waals surface area contributed by atoms with Crippen molar-refractivity contribution in [2.75, 3.05) is 5.32 Å². The third-order valence-electron chi connectivity index (χ3n) is 2.99. The molecule has 0 unspecified atom stereocenters. The highest BCUT2D eigenvalue weighted by atomic mass is 79.9. The molecule has 0 atom stereocenters. The van der Waals surface area contributed by atoms with Crippen molar-refractivity contribution in [3.63, 3.8) is 0 Å². The van der Waals surface area contributed by atoms with E-state index in [9.17, 15) is 9.50 Å². The number of rotatable bonds is 2. The Morgan fingerprint density at radius 1 is 1.25 bits per heavy atom. The quantitative estimate of drug-likeness (QED) is 0.875. The Hall–Kier alpha value is -0.610. The fourth-order valence-corrected chi connectivity index (χ4v) is 2.29. The minimum atomic E-state index is -0.249.